The Morgan fingerprint density at radius 2 is 1.49 bits per heavy atom. The summed E-state index contributed by atoms with van der Waals surface area (Å²) in [4.78, 5) is 53.0. The van der Waals surface area contributed by atoms with Gasteiger partial charge in [-0.15, -0.1) is 0 Å². The van der Waals surface area contributed by atoms with Crippen LogP contribution in [0.1, 0.15) is 57.3 Å². The number of nitrogens with zero attached hydrogens (tertiary/aromatic N) is 4. The molecule has 3 heterocycles. The molecule has 3 aromatic rings. The number of nitrogens with one attached hydrogen (secondary N) is 3. The van der Waals surface area contributed by atoms with E-state index in [1.165, 1.54) is 6.20 Å². The molecule has 0 aliphatic heterocycles. The molecule has 0 bridgehead atoms. The number of anilines is 2. The van der Waals surface area contributed by atoms with Gasteiger partial charge >= 0.3 is 0 Å². The minimum absolute atomic E-state index is 0.0581. The van der Waals surface area contributed by atoms with Gasteiger partial charge < -0.3 is 43.6 Å². The molecule has 3 N–H and O–H groups in total. The maximum Gasteiger partial charge on any atom is 0.291 e. The number of imidazole rings is 1. The van der Waals surface area contributed by atoms with Crippen molar-refractivity contribution in [2.24, 2.45) is 21.1 Å². The van der Waals surface area contributed by atoms with E-state index in [0.717, 1.165) is 20.0 Å². The Labute approximate surface area is 225 Å². The highest BCUT2D eigenvalue weighted by Crippen LogP contribution is 2.36. The molecule has 212 valence electrons. The van der Waals surface area contributed by atoms with E-state index >= 15 is 0 Å². The molecule has 0 aromatic carbocycles. The maximum atomic E-state index is 12.9. The molecule has 3 amide bonds. The number of aromatic nitrogens is 4. The monoisotopic (exact) mass is 562 g/mol. The van der Waals surface area contributed by atoms with E-state index in [4.69, 9.17) is 0 Å². The van der Waals surface area contributed by atoms with E-state index in [9.17, 15) is 23.8 Å². The zero-order chi connectivity index (χ0) is 28.6. The fourth-order valence-electron chi connectivity index (χ4n) is 3.79. The van der Waals surface area contributed by atoms with Crippen molar-refractivity contribution in [3.05, 3.63) is 54.1 Å². The summed E-state index contributed by atoms with van der Waals surface area (Å²) in [6.45, 7) is 0.503. The number of rotatable bonds is 14. The standard InChI is InChI=1S/C24H34N7O7P/c1-29-11-10-25-21(29)24(34)28-18-14-20(31(3)16-18)23(33)27-17-13-19(30(2)15-17)22(32)26-9-7-5-6-8-12-38-39(35,36)37-4/h10-11,13-16H,5-9,12H2,1-4H3,(H,26,32)(H,27,33)(H,28,34)(H,35,36)/p-1. The summed E-state index contributed by atoms with van der Waals surface area (Å²) in [5.74, 6) is -0.849. The average molecular weight is 563 g/mol. The van der Waals surface area contributed by atoms with Gasteiger partial charge in [-0.1, -0.05) is 12.8 Å². The predicted molar refractivity (Wildman–Crippen MR) is 141 cm³/mol. The van der Waals surface area contributed by atoms with Crippen molar-refractivity contribution in [2.45, 2.75) is 25.7 Å². The van der Waals surface area contributed by atoms with Gasteiger partial charge in [0, 0.05) is 59.6 Å². The first-order valence-corrected chi connectivity index (χ1v) is 13.7. The summed E-state index contributed by atoms with van der Waals surface area (Å²) in [6, 6.07) is 3.13. The molecule has 0 radical (unpaired) electrons. The molecule has 1 unspecified atom stereocenters. The van der Waals surface area contributed by atoms with E-state index in [1.54, 1.807) is 65.6 Å². The summed E-state index contributed by atoms with van der Waals surface area (Å²) >= 11 is 0. The fraction of sp³-hybridized carbons (Fsp3) is 0.417. The number of aryl methyl sites for hydroxylation is 3. The van der Waals surface area contributed by atoms with Crippen LogP contribution in [0, 0.1) is 0 Å². The van der Waals surface area contributed by atoms with Crippen LogP contribution in [-0.4, -0.2) is 56.7 Å². The van der Waals surface area contributed by atoms with Gasteiger partial charge in [-0.2, -0.15) is 0 Å². The number of unbranched alkanes of at least 4 members (excludes halogenated alkanes) is 3. The number of carbonyl (C=O) groups excluding carboxylic acids is 3. The minimum atomic E-state index is -4.18. The molecule has 0 saturated carbocycles. The second kappa shape index (κ2) is 13.4. The van der Waals surface area contributed by atoms with Crippen LogP contribution in [0.25, 0.3) is 0 Å². The maximum absolute atomic E-state index is 12.9. The van der Waals surface area contributed by atoms with Crippen molar-refractivity contribution in [1.82, 2.24) is 24.0 Å². The Morgan fingerprint density at radius 1 is 0.897 bits per heavy atom. The number of amides is 3. The van der Waals surface area contributed by atoms with E-state index in [1.807, 2.05) is 0 Å². The molecular formula is C24H33N7O7P-. The minimum Gasteiger partial charge on any atom is -0.756 e. The van der Waals surface area contributed by atoms with Crippen LogP contribution in [-0.2, 0) is 34.8 Å². The van der Waals surface area contributed by atoms with Gasteiger partial charge in [-0.25, -0.2) is 4.98 Å². The van der Waals surface area contributed by atoms with Gasteiger partial charge in [0.25, 0.3) is 25.5 Å². The van der Waals surface area contributed by atoms with Crippen LogP contribution in [0.15, 0.2) is 36.9 Å². The summed E-state index contributed by atoms with van der Waals surface area (Å²) in [5.41, 5.74) is 1.57. The molecule has 3 rings (SSSR count). The van der Waals surface area contributed by atoms with E-state index in [2.05, 4.69) is 30.0 Å². The number of phosphoric ester groups is 1. The number of hydrogen-bond donors (Lipinski definition) is 3. The molecule has 3 aromatic heterocycles. The third-order valence-corrected chi connectivity index (χ3v) is 6.79. The smallest absolute Gasteiger partial charge is 0.291 e. The van der Waals surface area contributed by atoms with Crippen LogP contribution in [0.5, 0.6) is 0 Å². The molecule has 39 heavy (non-hydrogen) atoms. The Morgan fingerprint density at radius 3 is 2.08 bits per heavy atom. The van der Waals surface area contributed by atoms with Crippen molar-refractivity contribution in [3.63, 3.8) is 0 Å². The molecular weight excluding hydrogens is 529 g/mol. The van der Waals surface area contributed by atoms with Crippen LogP contribution in [0.4, 0.5) is 11.4 Å². The number of hydrogen-bond acceptors (Lipinski definition) is 8. The lowest BCUT2D eigenvalue weighted by Crippen LogP contribution is -2.26. The Kier molecular flexibility index (Phi) is 10.2. The first kappa shape index (κ1) is 29.8. The van der Waals surface area contributed by atoms with Crippen LogP contribution in [0.2, 0.25) is 0 Å². The summed E-state index contributed by atoms with van der Waals surface area (Å²) in [6.07, 6.45) is 9.24. The Bertz CT molecular complexity index is 1360. The Hall–Kier alpha value is -3.71. The molecule has 0 aliphatic carbocycles. The lowest BCUT2D eigenvalue weighted by atomic mass is 10.2. The molecule has 0 fully saturated rings. The van der Waals surface area contributed by atoms with Crippen LogP contribution in [0.3, 0.4) is 0 Å². The Balaban J connectivity index is 1.46. The third-order valence-electron chi connectivity index (χ3n) is 5.84. The normalized spacial score (nSPS) is 12.6. The van der Waals surface area contributed by atoms with Crippen molar-refractivity contribution >= 4 is 36.9 Å². The highest BCUT2D eigenvalue weighted by Gasteiger charge is 2.18. The van der Waals surface area contributed by atoms with Gasteiger partial charge in [0.2, 0.25) is 0 Å². The highest BCUT2D eigenvalue weighted by atomic mass is 31.2. The first-order valence-electron chi connectivity index (χ1n) is 12.2. The van der Waals surface area contributed by atoms with Crippen LogP contribution < -0.4 is 20.8 Å². The second-order valence-electron chi connectivity index (χ2n) is 8.85. The quantitative estimate of drug-likeness (QED) is 0.198. The molecule has 15 heteroatoms. The molecule has 1 atom stereocenters. The van der Waals surface area contributed by atoms with Crippen LogP contribution >= 0.6 is 7.82 Å². The van der Waals surface area contributed by atoms with Crippen molar-refractivity contribution in [1.29, 1.82) is 0 Å². The van der Waals surface area contributed by atoms with E-state index < -0.39 is 19.6 Å². The number of carbonyl (C=O) groups is 3. The second-order valence-corrected chi connectivity index (χ2v) is 10.4. The van der Waals surface area contributed by atoms with Crippen molar-refractivity contribution in [3.8, 4) is 0 Å². The summed E-state index contributed by atoms with van der Waals surface area (Å²) < 4.78 is 24.8. The van der Waals surface area contributed by atoms with Crippen molar-refractivity contribution < 1.29 is 32.9 Å². The zero-order valence-electron chi connectivity index (χ0n) is 22.3. The SMILES string of the molecule is COP(=O)([O-])OCCCCCCNC(=O)c1cc(NC(=O)c2cc(NC(=O)c3nccn3C)cn2C)cn1C. The summed E-state index contributed by atoms with van der Waals surface area (Å²) in [7, 11) is 1.96. The lowest BCUT2D eigenvalue weighted by molar-refractivity contribution is -0.223. The molecule has 0 saturated heterocycles. The fourth-order valence-corrected chi connectivity index (χ4v) is 4.24. The van der Waals surface area contributed by atoms with Gasteiger partial charge in [-0.05, 0) is 25.0 Å². The summed E-state index contributed by atoms with van der Waals surface area (Å²) in [5, 5.41) is 8.34. The molecule has 0 aliphatic rings. The highest BCUT2D eigenvalue weighted by molar-refractivity contribution is 7.45. The zero-order valence-corrected chi connectivity index (χ0v) is 23.2. The van der Waals surface area contributed by atoms with Gasteiger partial charge in [-0.3, -0.25) is 18.9 Å². The van der Waals surface area contributed by atoms with Crippen molar-refractivity contribution in [2.75, 3.05) is 30.9 Å². The van der Waals surface area contributed by atoms with E-state index in [0.29, 0.717) is 42.1 Å². The molecule has 0 spiro atoms. The molecule has 14 nitrogen and oxygen atoms in total. The lowest BCUT2D eigenvalue weighted by Gasteiger charge is -2.19. The van der Waals surface area contributed by atoms with Gasteiger partial charge in [0.1, 0.15) is 11.4 Å². The van der Waals surface area contributed by atoms with Gasteiger partial charge in [0.05, 0.1) is 18.0 Å². The number of phosphoric acid groups is 1. The predicted octanol–water partition coefficient (Wildman–Crippen LogP) is 2.02. The van der Waals surface area contributed by atoms with Gasteiger partial charge in [0.15, 0.2) is 5.82 Å². The van der Waals surface area contributed by atoms with E-state index in [-0.39, 0.29) is 18.3 Å². The topological polar surface area (TPSA) is 174 Å². The average Bonchev–Trinajstić information content (AvgIpc) is 3.58. The first-order chi connectivity index (χ1) is 18.5. The third kappa shape index (κ3) is 8.39. The largest absolute Gasteiger partial charge is 0.756 e.